The van der Waals surface area contributed by atoms with Gasteiger partial charge in [0.1, 0.15) is 4.88 Å². The minimum Gasteiger partial charge on any atom is -0.481 e. The molecule has 21 heavy (non-hydrogen) atoms. The summed E-state index contributed by atoms with van der Waals surface area (Å²) >= 11 is 1.48. The van der Waals surface area contributed by atoms with Crippen LogP contribution in [0.4, 0.5) is 0 Å². The first-order chi connectivity index (χ1) is 10.1. The maximum atomic E-state index is 12.4. The molecule has 0 radical (unpaired) electrons. The number of thiazole rings is 1. The zero-order valence-electron chi connectivity index (χ0n) is 12.2. The number of amides is 1. The lowest BCUT2D eigenvalue weighted by atomic mass is 9.91. The van der Waals surface area contributed by atoms with Crippen LogP contribution in [0.5, 0.6) is 0 Å². The van der Waals surface area contributed by atoms with Crippen molar-refractivity contribution in [1.82, 2.24) is 9.88 Å². The van der Waals surface area contributed by atoms with Gasteiger partial charge in [0.05, 0.1) is 17.1 Å². The summed E-state index contributed by atoms with van der Waals surface area (Å²) in [5, 5.41) is 10.1. The van der Waals surface area contributed by atoms with E-state index in [2.05, 4.69) is 11.9 Å². The number of carbonyl (C=O) groups is 2. The Hall–Kier alpha value is -1.43. The molecule has 6 heteroatoms. The molecular formula is C15H20N2O3S. The zero-order valence-corrected chi connectivity index (χ0v) is 13.0. The number of carbonyl (C=O) groups excluding carboxylic acids is 1. The highest BCUT2D eigenvalue weighted by Crippen LogP contribution is 2.59. The van der Waals surface area contributed by atoms with E-state index in [-0.39, 0.29) is 17.2 Å². The van der Waals surface area contributed by atoms with Crippen molar-refractivity contribution in [2.45, 2.75) is 39.0 Å². The minimum atomic E-state index is -0.679. The van der Waals surface area contributed by atoms with Gasteiger partial charge in [-0.1, -0.05) is 6.92 Å². The molecule has 1 aromatic rings. The van der Waals surface area contributed by atoms with Crippen molar-refractivity contribution < 1.29 is 14.7 Å². The quantitative estimate of drug-likeness (QED) is 0.927. The number of aromatic nitrogens is 1. The fourth-order valence-corrected chi connectivity index (χ4v) is 4.29. The average molecular weight is 308 g/mol. The van der Waals surface area contributed by atoms with Crippen LogP contribution in [0.15, 0.2) is 6.20 Å². The lowest BCUT2D eigenvalue weighted by Crippen LogP contribution is -2.39. The van der Waals surface area contributed by atoms with Crippen LogP contribution in [0, 0.1) is 11.3 Å². The van der Waals surface area contributed by atoms with Crippen molar-refractivity contribution in [2.24, 2.45) is 11.3 Å². The van der Waals surface area contributed by atoms with Crippen LogP contribution in [0.25, 0.3) is 0 Å². The van der Waals surface area contributed by atoms with Crippen molar-refractivity contribution in [3.8, 4) is 0 Å². The number of piperidine rings is 1. The minimum absolute atomic E-state index is 0.0241. The third kappa shape index (κ3) is 2.69. The predicted molar refractivity (Wildman–Crippen MR) is 79.4 cm³/mol. The maximum Gasteiger partial charge on any atom is 0.307 e. The van der Waals surface area contributed by atoms with Crippen LogP contribution in [0.1, 0.15) is 47.3 Å². The molecule has 5 nitrogen and oxygen atoms in total. The van der Waals surface area contributed by atoms with Crippen molar-refractivity contribution >= 4 is 23.2 Å². The smallest absolute Gasteiger partial charge is 0.307 e. The molecule has 0 bridgehead atoms. The Balaban J connectivity index is 1.59. The highest BCUT2D eigenvalue weighted by atomic mass is 32.1. The molecule has 1 aliphatic heterocycles. The summed E-state index contributed by atoms with van der Waals surface area (Å²) in [4.78, 5) is 30.3. The molecule has 1 saturated carbocycles. The van der Waals surface area contributed by atoms with Gasteiger partial charge in [-0.15, -0.1) is 11.3 Å². The summed E-state index contributed by atoms with van der Waals surface area (Å²) in [6.07, 6.45) is 6.04. The van der Waals surface area contributed by atoms with E-state index in [0.717, 1.165) is 37.1 Å². The Morgan fingerprint density at radius 3 is 2.76 bits per heavy atom. The summed E-state index contributed by atoms with van der Waals surface area (Å²) in [7, 11) is 0. The molecule has 2 aliphatic rings. The summed E-state index contributed by atoms with van der Waals surface area (Å²) in [6.45, 7) is 3.44. The molecule has 0 aromatic carbocycles. The number of aryl methyl sites for hydroxylation is 1. The lowest BCUT2D eigenvalue weighted by Gasteiger charge is -2.32. The molecular weight excluding hydrogens is 288 g/mol. The van der Waals surface area contributed by atoms with Crippen LogP contribution in [0.3, 0.4) is 0 Å². The van der Waals surface area contributed by atoms with Gasteiger partial charge in [-0.2, -0.15) is 0 Å². The Kier molecular flexibility index (Phi) is 3.73. The van der Waals surface area contributed by atoms with E-state index < -0.39 is 5.97 Å². The van der Waals surface area contributed by atoms with Crippen molar-refractivity contribution in [3.05, 3.63) is 16.1 Å². The summed E-state index contributed by atoms with van der Waals surface area (Å²) in [5.41, 5.74) is -0.0241. The third-order valence-electron chi connectivity index (χ3n) is 4.76. The Labute approximate surface area is 128 Å². The monoisotopic (exact) mass is 308 g/mol. The Bertz CT molecular complexity index is 561. The number of likely N-dealkylation sites (tertiary alicyclic amines) is 1. The fourth-order valence-electron chi connectivity index (χ4n) is 3.30. The van der Waals surface area contributed by atoms with E-state index in [4.69, 9.17) is 5.11 Å². The molecule has 1 spiro atoms. The van der Waals surface area contributed by atoms with Crippen molar-refractivity contribution in [2.75, 3.05) is 13.1 Å². The first kappa shape index (κ1) is 14.5. The van der Waals surface area contributed by atoms with Gasteiger partial charge in [-0.3, -0.25) is 9.59 Å². The lowest BCUT2D eigenvalue weighted by molar-refractivity contribution is -0.139. The van der Waals surface area contributed by atoms with Crippen molar-refractivity contribution in [1.29, 1.82) is 0 Å². The van der Waals surface area contributed by atoms with Crippen LogP contribution in [0.2, 0.25) is 0 Å². The van der Waals surface area contributed by atoms with Gasteiger partial charge < -0.3 is 10.0 Å². The summed E-state index contributed by atoms with van der Waals surface area (Å²) < 4.78 is 0. The molecule has 114 valence electrons. The van der Waals surface area contributed by atoms with Gasteiger partial charge in [0.2, 0.25) is 0 Å². The molecule has 1 aliphatic carbocycles. The number of hydrogen-bond donors (Lipinski definition) is 1. The zero-order chi connectivity index (χ0) is 15.0. The third-order valence-corrected chi connectivity index (χ3v) is 5.81. The van der Waals surface area contributed by atoms with Crippen LogP contribution in [-0.2, 0) is 11.2 Å². The predicted octanol–water partition coefficient (Wildman–Crippen LogP) is 2.42. The molecule has 1 unspecified atom stereocenters. The standard InChI is InChI=1S/C15H20N2O3S/c1-2-3-12-16-9-11(21-12)13(18)17-6-4-15(5-7-17)8-10(15)14(19)20/h9-10H,2-8H2,1H3,(H,19,20). The molecule has 2 fully saturated rings. The molecule has 2 heterocycles. The summed E-state index contributed by atoms with van der Waals surface area (Å²) in [6, 6.07) is 0. The fraction of sp³-hybridized carbons (Fsp3) is 0.667. The number of carboxylic acid groups (broad SMARTS) is 1. The van der Waals surface area contributed by atoms with E-state index in [1.807, 2.05) is 4.90 Å². The van der Waals surface area contributed by atoms with E-state index >= 15 is 0 Å². The van der Waals surface area contributed by atoms with Crippen molar-refractivity contribution in [3.63, 3.8) is 0 Å². The number of aliphatic carboxylic acids is 1. The van der Waals surface area contributed by atoms with Gasteiger partial charge in [0, 0.05) is 13.1 Å². The maximum absolute atomic E-state index is 12.4. The van der Waals surface area contributed by atoms with Crippen LogP contribution in [-0.4, -0.2) is 40.0 Å². The number of hydrogen-bond acceptors (Lipinski definition) is 4. The SMILES string of the molecule is CCCc1ncc(C(=O)N2CCC3(CC2)CC3C(=O)O)s1. The number of rotatable bonds is 4. The molecule has 1 saturated heterocycles. The summed E-state index contributed by atoms with van der Waals surface area (Å²) in [5.74, 6) is -0.812. The topological polar surface area (TPSA) is 70.5 Å². The van der Waals surface area contributed by atoms with Gasteiger partial charge in [-0.25, -0.2) is 4.98 Å². The average Bonchev–Trinajstić information content (AvgIpc) is 2.97. The van der Waals surface area contributed by atoms with Crippen LogP contribution >= 0.6 is 11.3 Å². The largest absolute Gasteiger partial charge is 0.481 e. The molecule has 1 aromatic heterocycles. The Morgan fingerprint density at radius 1 is 1.48 bits per heavy atom. The Morgan fingerprint density at radius 2 is 2.19 bits per heavy atom. The number of nitrogens with zero attached hydrogens (tertiary/aromatic N) is 2. The van der Waals surface area contributed by atoms with Crippen LogP contribution < -0.4 is 0 Å². The van der Waals surface area contributed by atoms with E-state index in [0.29, 0.717) is 18.0 Å². The second-order valence-electron chi connectivity index (χ2n) is 6.12. The molecule has 1 N–H and O–H groups in total. The van der Waals surface area contributed by atoms with E-state index in [9.17, 15) is 9.59 Å². The normalized spacial score (nSPS) is 23.3. The van der Waals surface area contributed by atoms with Gasteiger partial charge in [-0.05, 0) is 37.5 Å². The second kappa shape index (κ2) is 5.40. The highest BCUT2D eigenvalue weighted by molar-refractivity contribution is 7.13. The van der Waals surface area contributed by atoms with Gasteiger partial charge in [0.15, 0.2) is 0 Å². The molecule has 3 rings (SSSR count). The second-order valence-corrected chi connectivity index (χ2v) is 7.23. The molecule has 1 atom stereocenters. The van der Waals surface area contributed by atoms with E-state index in [1.165, 1.54) is 11.3 Å². The van der Waals surface area contributed by atoms with Gasteiger partial charge in [0.25, 0.3) is 5.91 Å². The highest BCUT2D eigenvalue weighted by Gasteiger charge is 2.59. The van der Waals surface area contributed by atoms with E-state index in [1.54, 1.807) is 6.20 Å². The molecule has 1 amide bonds. The number of carboxylic acids is 1. The first-order valence-corrected chi connectivity index (χ1v) is 8.34. The van der Waals surface area contributed by atoms with Gasteiger partial charge >= 0.3 is 5.97 Å². The first-order valence-electron chi connectivity index (χ1n) is 7.52.